The van der Waals surface area contributed by atoms with E-state index < -0.39 is 0 Å². The molecule has 0 unspecified atom stereocenters. The zero-order valence-corrected chi connectivity index (χ0v) is 9.24. The molecule has 0 bridgehead atoms. The Hall–Kier alpha value is -2.43. The highest BCUT2D eigenvalue weighted by Gasteiger charge is 2.13. The van der Waals surface area contributed by atoms with Crippen molar-refractivity contribution < 1.29 is 9.90 Å². The van der Waals surface area contributed by atoms with Gasteiger partial charge in [0.1, 0.15) is 5.75 Å². The first-order valence-corrected chi connectivity index (χ1v) is 5.00. The SMILES string of the molecule is CN(C(=O)c1cncc(O)c1)c1ccncc1. The van der Waals surface area contributed by atoms with Gasteiger partial charge in [-0.1, -0.05) is 0 Å². The third kappa shape index (κ3) is 2.39. The first kappa shape index (κ1) is 11.1. The summed E-state index contributed by atoms with van der Waals surface area (Å²) in [6.07, 6.45) is 5.92. The van der Waals surface area contributed by atoms with E-state index in [1.165, 1.54) is 23.4 Å². The minimum absolute atomic E-state index is 0.0287. The molecule has 0 aliphatic heterocycles. The lowest BCUT2D eigenvalue weighted by molar-refractivity contribution is 0.0992. The lowest BCUT2D eigenvalue weighted by atomic mass is 10.2. The van der Waals surface area contributed by atoms with E-state index in [0.29, 0.717) is 5.56 Å². The third-order valence-electron chi connectivity index (χ3n) is 2.33. The minimum Gasteiger partial charge on any atom is -0.506 e. The molecule has 0 aliphatic rings. The molecule has 0 saturated heterocycles. The molecule has 0 atom stereocenters. The van der Waals surface area contributed by atoms with Crippen molar-refractivity contribution in [1.29, 1.82) is 0 Å². The number of rotatable bonds is 2. The fourth-order valence-electron chi connectivity index (χ4n) is 1.42. The number of anilines is 1. The maximum Gasteiger partial charge on any atom is 0.259 e. The highest BCUT2D eigenvalue weighted by atomic mass is 16.3. The fourth-order valence-corrected chi connectivity index (χ4v) is 1.42. The highest BCUT2D eigenvalue weighted by Crippen LogP contribution is 2.15. The van der Waals surface area contributed by atoms with Crippen LogP contribution in [0, 0.1) is 0 Å². The van der Waals surface area contributed by atoms with Crippen LogP contribution in [0.25, 0.3) is 0 Å². The molecule has 0 radical (unpaired) electrons. The average molecular weight is 229 g/mol. The number of nitrogens with zero attached hydrogens (tertiary/aromatic N) is 3. The third-order valence-corrected chi connectivity index (χ3v) is 2.33. The van der Waals surface area contributed by atoms with Crippen molar-refractivity contribution >= 4 is 11.6 Å². The molecule has 2 aromatic heterocycles. The topological polar surface area (TPSA) is 66.3 Å². The van der Waals surface area contributed by atoms with Gasteiger partial charge in [0.25, 0.3) is 5.91 Å². The van der Waals surface area contributed by atoms with Crippen LogP contribution < -0.4 is 4.90 Å². The standard InChI is InChI=1S/C12H11N3O2/c1-15(10-2-4-13-5-3-10)12(17)9-6-11(16)8-14-7-9/h2-8,16H,1H3. The fraction of sp³-hybridized carbons (Fsp3) is 0.0833. The first-order valence-electron chi connectivity index (χ1n) is 5.00. The Balaban J connectivity index is 2.27. The van der Waals surface area contributed by atoms with Gasteiger partial charge in [-0.05, 0) is 18.2 Å². The van der Waals surface area contributed by atoms with Gasteiger partial charge in [0.05, 0.1) is 11.8 Å². The maximum absolute atomic E-state index is 12.1. The van der Waals surface area contributed by atoms with E-state index in [2.05, 4.69) is 9.97 Å². The second-order valence-electron chi connectivity index (χ2n) is 3.50. The minimum atomic E-state index is -0.236. The molecule has 0 saturated carbocycles. The summed E-state index contributed by atoms with van der Waals surface area (Å²) in [5, 5.41) is 9.27. The summed E-state index contributed by atoms with van der Waals surface area (Å²) in [6.45, 7) is 0. The van der Waals surface area contributed by atoms with Crippen LogP contribution in [-0.2, 0) is 0 Å². The van der Waals surface area contributed by atoms with Crippen molar-refractivity contribution in [3.05, 3.63) is 48.5 Å². The van der Waals surface area contributed by atoms with Gasteiger partial charge in [-0.3, -0.25) is 14.8 Å². The summed E-state index contributed by atoms with van der Waals surface area (Å²) in [5.74, 6) is -0.265. The summed E-state index contributed by atoms with van der Waals surface area (Å²) < 4.78 is 0. The Kier molecular flexibility index (Phi) is 3.00. The second-order valence-corrected chi connectivity index (χ2v) is 3.50. The number of aromatic nitrogens is 2. The normalized spacial score (nSPS) is 9.94. The predicted octanol–water partition coefficient (Wildman–Crippen LogP) is 1.46. The number of hydrogen-bond acceptors (Lipinski definition) is 4. The van der Waals surface area contributed by atoms with E-state index in [4.69, 9.17) is 0 Å². The van der Waals surface area contributed by atoms with E-state index in [0.717, 1.165) is 5.69 Å². The smallest absolute Gasteiger partial charge is 0.259 e. The molecule has 17 heavy (non-hydrogen) atoms. The van der Waals surface area contributed by atoms with Gasteiger partial charge in [0.15, 0.2) is 0 Å². The van der Waals surface area contributed by atoms with Crippen molar-refractivity contribution in [1.82, 2.24) is 9.97 Å². The molecular formula is C12H11N3O2. The number of hydrogen-bond donors (Lipinski definition) is 1. The quantitative estimate of drug-likeness (QED) is 0.846. The van der Waals surface area contributed by atoms with Gasteiger partial charge in [-0.2, -0.15) is 0 Å². The van der Waals surface area contributed by atoms with Crippen LogP contribution >= 0.6 is 0 Å². The number of amides is 1. The second kappa shape index (κ2) is 4.61. The van der Waals surface area contributed by atoms with Crippen LogP contribution in [0.2, 0.25) is 0 Å². The number of carbonyl (C=O) groups excluding carboxylic acids is 1. The summed E-state index contributed by atoms with van der Waals surface area (Å²) >= 11 is 0. The summed E-state index contributed by atoms with van der Waals surface area (Å²) in [7, 11) is 1.65. The van der Waals surface area contributed by atoms with Gasteiger partial charge in [-0.15, -0.1) is 0 Å². The molecule has 5 heteroatoms. The molecule has 0 aliphatic carbocycles. The number of carbonyl (C=O) groups is 1. The van der Waals surface area contributed by atoms with Crippen LogP contribution in [0.5, 0.6) is 5.75 Å². The summed E-state index contributed by atoms with van der Waals surface area (Å²) in [5.41, 5.74) is 1.07. The monoisotopic (exact) mass is 229 g/mol. The van der Waals surface area contributed by atoms with E-state index in [-0.39, 0.29) is 11.7 Å². The average Bonchev–Trinajstić information content (AvgIpc) is 2.38. The van der Waals surface area contributed by atoms with Crippen LogP contribution in [0.1, 0.15) is 10.4 Å². The van der Waals surface area contributed by atoms with Crippen LogP contribution in [-0.4, -0.2) is 28.0 Å². The Bertz CT molecular complexity index is 528. The number of aromatic hydroxyl groups is 1. The molecule has 5 nitrogen and oxygen atoms in total. The Morgan fingerprint density at radius 3 is 2.59 bits per heavy atom. The van der Waals surface area contributed by atoms with Crippen LogP contribution in [0.3, 0.4) is 0 Å². The van der Waals surface area contributed by atoms with Gasteiger partial charge in [0, 0.05) is 31.3 Å². The first-order chi connectivity index (χ1) is 8.18. The predicted molar refractivity (Wildman–Crippen MR) is 62.9 cm³/mol. The largest absolute Gasteiger partial charge is 0.506 e. The summed E-state index contributed by atoms with van der Waals surface area (Å²) in [4.78, 5) is 21.2. The van der Waals surface area contributed by atoms with E-state index in [9.17, 15) is 9.90 Å². The Morgan fingerprint density at radius 1 is 1.24 bits per heavy atom. The van der Waals surface area contributed by atoms with Crippen LogP contribution in [0.15, 0.2) is 43.0 Å². The van der Waals surface area contributed by atoms with Crippen molar-refractivity contribution in [2.24, 2.45) is 0 Å². The van der Waals surface area contributed by atoms with E-state index in [1.54, 1.807) is 31.6 Å². The van der Waals surface area contributed by atoms with Crippen molar-refractivity contribution in [3.8, 4) is 5.75 Å². The zero-order valence-electron chi connectivity index (χ0n) is 9.24. The van der Waals surface area contributed by atoms with E-state index >= 15 is 0 Å². The van der Waals surface area contributed by atoms with Crippen molar-refractivity contribution in [3.63, 3.8) is 0 Å². The van der Waals surface area contributed by atoms with Gasteiger partial charge >= 0.3 is 0 Å². The molecule has 1 N–H and O–H groups in total. The molecule has 0 aromatic carbocycles. The Morgan fingerprint density at radius 2 is 1.94 bits per heavy atom. The lowest BCUT2D eigenvalue weighted by Crippen LogP contribution is -2.26. The molecule has 2 rings (SSSR count). The lowest BCUT2D eigenvalue weighted by Gasteiger charge is -2.16. The molecule has 0 fully saturated rings. The van der Waals surface area contributed by atoms with Gasteiger partial charge < -0.3 is 10.0 Å². The molecule has 0 spiro atoms. The zero-order chi connectivity index (χ0) is 12.3. The molecule has 86 valence electrons. The van der Waals surface area contributed by atoms with Gasteiger partial charge in [0.2, 0.25) is 0 Å². The maximum atomic E-state index is 12.1. The Labute approximate surface area is 98.4 Å². The molecular weight excluding hydrogens is 218 g/mol. The van der Waals surface area contributed by atoms with E-state index in [1.807, 2.05) is 0 Å². The number of pyridine rings is 2. The molecule has 2 heterocycles. The van der Waals surface area contributed by atoms with Crippen molar-refractivity contribution in [2.45, 2.75) is 0 Å². The highest BCUT2D eigenvalue weighted by molar-refractivity contribution is 6.05. The summed E-state index contributed by atoms with van der Waals surface area (Å²) in [6, 6.07) is 4.84. The van der Waals surface area contributed by atoms with Gasteiger partial charge in [-0.25, -0.2) is 0 Å². The molecule has 2 aromatic rings. The van der Waals surface area contributed by atoms with Crippen LogP contribution in [0.4, 0.5) is 5.69 Å². The molecule has 1 amide bonds. The van der Waals surface area contributed by atoms with Crippen molar-refractivity contribution in [2.75, 3.05) is 11.9 Å².